The molecule has 0 saturated heterocycles. The Labute approximate surface area is 113 Å². The maximum Gasteiger partial charge on any atom is 0.248 e. The van der Waals surface area contributed by atoms with Crippen LogP contribution < -0.4 is 5.73 Å². The van der Waals surface area contributed by atoms with Gasteiger partial charge in [-0.1, -0.05) is 11.3 Å². The monoisotopic (exact) mass is 270 g/mol. The van der Waals surface area contributed by atoms with E-state index in [0.29, 0.717) is 5.56 Å². The summed E-state index contributed by atoms with van der Waals surface area (Å²) in [6.07, 6.45) is 1.82. The van der Waals surface area contributed by atoms with E-state index in [1.165, 1.54) is 0 Å². The van der Waals surface area contributed by atoms with Gasteiger partial charge in [-0.05, 0) is 29.6 Å². The Kier molecular flexibility index (Phi) is 2.85. The van der Waals surface area contributed by atoms with Gasteiger partial charge in [-0.15, -0.1) is 5.10 Å². The molecule has 0 aliphatic carbocycles. The molecule has 0 unspecified atom stereocenters. The lowest BCUT2D eigenvalue weighted by atomic mass is 10.2. The van der Waals surface area contributed by atoms with Gasteiger partial charge >= 0.3 is 0 Å². The van der Waals surface area contributed by atoms with Crippen LogP contribution in [0.3, 0.4) is 0 Å². The van der Waals surface area contributed by atoms with Crippen LogP contribution in [-0.4, -0.2) is 20.9 Å². The van der Waals surface area contributed by atoms with E-state index in [2.05, 4.69) is 10.3 Å². The Morgan fingerprint density at radius 3 is 2.95 bits per heavy atom. The van der Waals surface area contributed by atoms with Crippen LogP contribution in [-0.2, 0) is 0 Å². The third kappa shape index (κ3) is 2.25. The number of rotatable bonds is 3. The highest BCUT2D eigenvalue weighted by Crippen LogP contribution is 2.20. The summed E-state index contributed by atoms with van der Waals surface area (Å²) >= 11 is 1.61. The van der Waals surface area contributed by atoms with Crippen molar-refractivity contribution < 1.29 is 4.79 Å². The quantitative estimate of drug-likeness (QED) is 0.792. The van der Waals surface area contributed by atoms with E-state index < -0.39 is 5.91 Å². The Bertz CT molecular complexity index is 718. The van der Waals surface area contributed by atoms with E-state index in [1.807, 2.05) is 29.1 Å². The number of nitrogens with zero attached hydrogens (tertiary/aromatic N) is 3. The normalized spacial score (nSPS) is 10.5. The first kappa shape index (κ1) is 11.6. The van der Waals surface area contributed by atoms with E-state index in [4.69, 9.17) is 5.73 Å². The minimum Gasteiger partial charge on any atom is -0.366 e. The minimum absolute atomic E-state index is 0.449. The minimum atomic E-state index is -0.458. The van der Waals surface area contributed by atoms with Gasteiger partial charge < -0.3 is 5.73 Å². The number of carbonyl (C=O) groups is 1. The van der Waals surface area contributed by atoms with Gasteiger partial charge in [0.25, 0.3) is 0 Å². The van der Waals surface area contributed by atoms with E-state index in [9.17, 15) is 4.79 Å². The molecule has 2 heterocycles. The fourth-order valence-corrected chi connectivity index (χ4v) is 2.38. The van der Waals surface area contributed by atoms with Crippen LogP contribution in [0.5, 0.6) is 0 Å². The molecule has 0 saturated carbocycles. The fraction of sp³-hybridized carbons (Fsp3) is 0. The summed E-state index contributed by atoms with van der Waals surface area (Å²) in [5.41, 5.74) is 8.29. The van der Waals surface area contributed by atoms with Gasteiger partial charge in [0.05, 0.1) is 11.9 Å². The predicted molar refractivity (Wildman–Crippen MR) is 73.2 cm³/mol. The molecular formula is C13H10N4OS. The lowest BCUT2D eigenvalue weighted by Gasteiger charge is -2.01. The molecule has 3 aromatic rings. The lowest BCUT2D eigenvalue weighted by Crippen LogP contribution is -2.11. The molecule has 6 heteroatoms. The predicted octanol–water partition coefficient (Wildman–Crippen LogP) is 2.09. The Morgan fingerprint density at radius 1 is 1.32 bits per heavy atom. The first-order valence-corrected chi connectivity index (χ1v) is 6.53. The number of primary amides is 1. The Morgan fingerprint density at radius 2 is 2.21 bits per heavy atom. The van der Waals surface area contributed by atoms with Crippen molar-refractivity contribution in [2.75, 3.05) is 0 Å². The van der Waals surface area contributed by atoms with Gasteiger partial charge in [0.15, 0.2) is 0 Å². The SMILES string of the molecule is NC(=O)c1cccc(-n2cc(-c3ccsc3)nn2)c1. The summed E-state index contributed by atoms with van der Waals surface area (Å²) in [5, 5.41) is 12.2. The highest BCUT2D eigenvalue weighted by atomic mass is 32.1. The van der Waals surface area contributed by atoms with Gasteiger partial charge in [-0.3, -0.25) is 4.79 Å². The van der Waals surface area contributed by atoms with Crippen molar-refractivity contribution >= 4 is 17.2 Å². The smallest absolute Gasteiger partial charge is 0.248 e. The fourth-order valence-electron chi connectivity index (χ4n) is 1.73. The molecule has 19 heavy (non-hydrogen) atoms. The van der Waals surface area contributed by atoms with Crippen LogP contribution in [0, 0.1) is 0 Å². The summed E-state index contributed by atoms with van der Waals surface area (Å²) in [6.45, 7) is 0. The van der Waals surface area contributed by atoms with Gasteiger partial charge in [0, 0.05) is 16.5 Å². The highest BCUT2D eigenvalue weighted by Gasteiger charge is 2.07. The number of nitrogens with two attached hydrogens (primary N) is 1. The number of benzene rings is 1. The first-order valence-electron chi connectivity index (χ1n) is 5.59. The van der Waals surface area contributed by atoms with Crippen molar-refractivity contribution in [1.82, 2.24) is 15.0 Å². The van der Waals surface area contributed by atoms with Gasteiger partial charge in [-0.25, -0.2) is 4.68 Å². The molecule has 1 amide bonds. The second kappa shape index (κ2) is 4.66. The van der Waals surface area contributed by atoms with Gasteiger partial charge in [0.2, 0.25) is 5.91 Å². The zero-order valence-electron chi connectivity index (χ0n) is 9.85. The molecule has 0 radical (unpaired) electrons. The standard InChI is InChI=1S/C13H10N4OS/c14-13(18)9-2-1-3-11(6-9)17-7-12(15-16-17)10-4-5-19-8-10/h1-8H,(H2,14,18). The molecule has 0 spiro atoms. The van der Waals surface area contributed by atoms with Crippen LogP contribution in [0.1, 0.15) is 10.4 Å². The Hall–Kier alpha value is -2.47. The van der Waals surface area contributed by atoms with Crippen molar-refractivity contribution in [3.63, 3.8) is 0 Å². The van der Waals surface area contributed by atoms with E-state index in [-0.39, 0.29) is 0 Å². The van der Waals surface area contributed by atoms with Crippen LogP contribution in [0.4, 0.5) is 0 Å². The average Bonchev–Trinajstić information content (AvgIpc) is 3.09. The maximum atomic E-state index is 11.2. The number of hydrogen-bond donors (Lipinski definition) is 1. The number of carbonyl (C=O) groups excluding carboxylic acids is 1. The van der Waals surface area contributed by atoms with Crippen molar-refractivity contribution in [1.29, 1.82) is 0 Å². The maximum absolute atomic E-state index is 11.2. The summed E-state index contributed by atoms with van der Waals surface area (Å²) in [6, 6.07) is 8.95. The zero-order valence-corrected chi connectivity index (χ0v) is 10.7. The van der Waals surface area contributed by atoms with Crippen molar-refractivity contribution in [2.45, 2.75) is 0 Å². The highest BCUT2D eigenvalue weighted by molar-refractivity contribution is 7.08. The molecule has 0 fully saturated rings. The van der Waals surface area contributed by atoms with Crippen molar-refractivity contribution in [3.05, 3.63) is 52.9 Å². The molecule has 5 nitrogen and oxygen atoms in total. The molecule has 0 aliphatic rings. The van der Waals surface area contributed by atoms with Crippen LogP contribution in [0.2, 0.25) is 0 Å². The summed E-state index contributed by atoms with van der Waals surface area (Å²) in [5.74, 6) is -0.458. The van der Waals surface area contributed by atoms with Crippen LogP contribution >= 0.6 is 11.3 Å². The molecule has 0 aliphatic heterocycles. The van der Waals surface area contributed by atoms with Crippen LogP contribution in [0.25, 0.3) is 16.9 Å². The molecule has 2 aromatic heterocycles. The van der Waals surface area contributed by atoms with Crippen LogP contribution in [0.15, 0.2) is 47.3 Å². The number of aromatic nitrogens is 3. The molecule has 1 aromatic carbocycles. The van der Waals surface area contributed by atoms with E-state index >= 15 is 0 Å². The lowest BCUT2D eigenvalue weighted by molar-refractivity contribution is 0.100. The molecule has 3 rings (SSSR count). The van der Waals surface area contributed by atoms with E-state index in [0.717, 1.165) is 16.9 Å². The first-order chi connectivity index (χ1) is 9.24. The number of amides is 1. The summed E-state index contributed by atoms with van der Waals surface area (Å²) < 4.78 is 1.62. The molecule has 94 valence electrons. The zero-order chi connectivity index (χ0) is 13.2. The summed E-state index contributed by atoms with van der Waals surface area (Å²) in [4.78, 5) is 11.2. The third-order valence-corrected chi connectivity index (χ3v) is 3.39. The number of thiophene rings is 1. The molecule has 0 bridgehead atoms. The summed E-state index contributed by atoms with van der Waals surface area (Å²) in [7, 11) is 0. The molecule has 2 N–H and O–H groups in total. The molecule has 0 atom stereocenters. The van der Waals surface area contributed by atoms with Gasteiger partial charge in [-0.2, -0.15) is 11.3 Å². The molecular weight excluding hydrogens is 260 g/mol. The van der Waals surface area contributed by atoms with Crippen molar-refractivity contribution in [2.24, 2.45) is 5.73 Å². The topological polar surface area (TPSA) is 73.8 Å². The van der Waals surface area contributed by atoms with Crippen molar-refractivity contribution in [3.8, 4) is 16.9 Å². The second-order valence-electron chi connectivity index (χ2n) is 3.97. The second-order valence-corrected chi connectivity index (χ2v) is 4.75. The number of hydrogen-bond acceptors (Lipinski definition) is 4. The average molecular weight is 270 g/mol. The van der Waals surface area contributed by atoms with Gasteiger partial charge in [0.1, 0.15) is 5.69 Å². The Balaban J connectivity index is 1.99. The largest absolute Gasteiger partial charge is 0.366 e. The third-order valence-electron chi connectivity index (χ3n) is 2.71. The van der Waals surface area contributed by atoms with E-state index in [1.54, 1.807) is 34.2 Å².